The Morgan fingerprint density at radius 2 is 1.38 bits per heavy atom. The Bertz CT molecular complexity index is 219. The fourth-order valence-electron chi connectivity index (χ4n) is 1.84. The molecule has 2 rings (SSSR count). The van der Waals surface area contributed by atoms with E-state index in [1.807, 2.05) is 18.2 Å². The van der Waals surface area contributed by atoms with E-state index in [0.29, 0.717) is 0 Å². The van der Waals surface area contributed by atoms with Gasteiger partial charge in [-0.2, -0.15) is 0 Å². The van der Waals surface area contributed by atoms with Gasteiger partial charge in [-0.25, -0.2) is 0 Å². The minimum Gasteiger partial charge on any atom is -0.0776 e. The number of rotatable bonds is 0. The molecule has 0 bridgehead atoms. The molecule has 0 N–H and O–H groups in total. The Labute approximate surface area is 103 Å². The summed E-state index contributed by atoms with van der Waals surface area (Å²) in [6, 6.07) is 10.3. The van der Waals surface area contributed by atoms with E-state index in [-0.39, 0.29) is 14.9 Å². The summed E-state index contributed by atoms with van der Waals surface area (Å²) < 4.78 is 0. The zero-order valence-corrected chi connectivity index (χ0v) is 9.50. The summed E-state index contributed by atoms with van der Waals surface area (Å²) in [6.07, 6.45) is 7.44. The van der Waals surface area contributed by atoms with E-state index in [0.717, 1.165) is 5.92 Å². The van der Waals surface area contributed by atoms with Crippen molar-refractivity contribution in [2.75, 3.05) is 0 Å². The Hall–Kier alpha value is -0.780. The van der Waals surface area contributed by atoms with Gasteiger partial charge in [-0.15, -0.1) is 0 Å². The molecular weight excluding hydrogens is 192 g/mol. The maximum absolute atomic E-state index is 2.36. The number of hydrogen-bond acceptors (Lipinski definition) is 0. The Balaban J connectivity index is 0. The van der Waals surface area contributed by atoms with Crippen LogP contribution < -0.4 is 0 Å². The molecule has 0 spiro atoms. The third-order valence-electron chi connectivity index (χ3n) is 2.83. The van der Waals surface area contributed by atoms with Crippen molar-refractivity contribution >= 4 is 0 Å². The average Bonchev–Trinajstić information content (AvgIpc) is 2.21. The van der Waals surface area contributed by atoms with Gasteiger partial charge < -0.3 is 0 Å². The van der Waals surface area contributed by atoms with E-state index in [1.54, 1.807) is 0 Å². The number of hydrogen-bond donors (Lipinski definition) is 0. The van der Waals surface area contributed by atoms with Gasteiger partial charge in [0, 0.05) is 0 Å². The molecule has 1 aromatic carbocycles. The van der Waals surface area contributed by atoms with Crippen molar-refractivity contribution in [1.82, 2.24) is 0 Å². The molecule has 1 fully saturated rings. The summed E-state index contributed by atoms with van der Waals surface area (Å²) in [7, 11) is 0. The molecule has 0 aromatic heterocycles. The Morgan fingerprint density at radius 3 is 1.62 bits per heavy atom. The highest BCUT2D eigenvalue weighted by Gasteiger charge is 2.05. The number of benzene rings is 1. The molecule has 0 saturated heterocycles. The molecule has 0 atom stereocenters. The zero-order chi connectivity index (χ0) is 10.2. The van der Waals surface area contributed by atoms with Crippen LogP contribution in [0.5, 0.6) is 0 Å². The van der Waals surface area contributed by atoms with Gasteiger partial charge in [0.15, 0.2) is 0 Å². The van der Waals surface area contributed by atoms with Crippen molar-refractivity contribution in [3.63, 3.8) is 0 Å². The van der Waals surface area contributed by atoms with Gasteiger partial charge in [-0.05, 0) is 12.8 Å². The van der Waals surface area contributed by atoms with Crippen LogP contribution in [0, 0.1) is 12.8 Å². The lowest BCUT2D eigenvalue weighted by Crippen LogP contribution is -1.99. The molecule has 0 amide bonds. The molecule has 16 heavy (non-hydrogen) atoms. The first-order valence-electron chi connectivity index (χ1n) is 5.80. The van der Waals surface area contributed by atoms with Crippen LogP contribution in [0.15, 0.2) is 30.3 Å². The number of aryl methyl sites for hydroxylation is 1. The fraction of sp³-hybridized carbons (Fsp3) is 0.625. The summed E-state index contributed by atoms with van der Waals surface area (Å²) in [5.41, 5.74) is 1.32. The highest BCUT2D eigenvalue weighted by molar-refractivity contribution is 5.11. The van der Waals surface area contributed by atoms with Gasteiger partial charge in [0.05, 0.1) is 0 Å². The topological polar surface area (TPSA) is 0 Å². The van der Waals surface area contributed by atoms with E-state index < -0.39 is 0 Å². The fourth-order valence-corrected chi connectivity index (χ4v) is 1.84. The molecule has 0 unspecified atom stereocenters. The third kappa shape index (κ3) is 8.52. The van der Waals surface area contributed by atoms with Crippen LogP contribution in [0.3, 0.4) is 0 Å². The molecule has 0 heteroatoms. The minimum atomic E-state index is 0. The lowest BCUT2D eigenvalue weighted by molar-refractivity contribution is 0.385. The largest absolute Gasteiger partial charge is 0.0776 e. The predicted molar refractivity (Wildman–Crippen MR) is 76.9 cm³/mol. The molecule has 0 heterocycles. The van der Waals surface area contributed by atoms with E-state index >= 15 is 0 Å². The van der Waals surface area contributed by atoms with Crippen LogP contribution in [0.2, 0.25) is 0 Å². The molecule has 94 valence electrons. The molecule has 0 radical (unpaired) electrons. The molecule has 1 aliphatic carbocycles. The SMILES string of the molecule is C.C.CC1CCCCC1.Cc1ccccc1. The van der Waals surface area contributed by atoms with Crippen LogP contribution in [-0.4, -0.2) is 0 Å². The van der Waals surface area contributed by atoms with Gasteiger partial charge >= 0.3 is 0 Å². The van der Waals surface area contributed by atoms with Crippen LogP contribution in [0.4, 0.5) is 0 Å². The Morgan fingerprint density at radius 1 is 0.875 bits per heavy atom. The van der Waals surface area contributed by atoms with Crippen LogP contribution in [0.1, 0.15) is 59.4 Å². The van der Waals surface area contributed by atoms with Crippen molar-refractivity contribution < 1.29 is 0 Å². The molecular formula is C16H30. The smallest absolute Gasteiger partial charge is 0.0398 e. The second-order valence-corrected chi connectivity index (χ2v) is 4.40. The molecule has 1 saturated carbocycles. The van der Waals surface area contributed by atoms with Gasteiger partial charge in [-0.3, -0.25) is 0 Å². The molecule has 1 aliphatic rings. The quantitative estimate of drug-likeness (QED) is 0.516. The van der Waals surface area contributed by atoms with Crippen LogP contribution in [0.25, 0.3) is 0 Å². The molecule has 1 aromatic rings. The van der Waals surface area contributed by atoms with Gasteiger partial charge in [0.1, 0.15) is 0 Å². The monoisotopic (exact) mass is 222 g/mol. The van der Waals surface area contributed by atoms with Crippen molar-refractivity contribution in [1.29, 1.82) is 0 Å². The van der Waals surface area contributed by atoms with Crippen LogP contribution in [-0.2, 0) is 0 Å². The summed E-state index contributed by atoms with van der Waals surface area (Å²) in [5, 5.41) is 0. The van der Waals surface area contributed by atoms with Crippen LogP contribution >= 0.6 is 0 Å². The lowest BCUT2D eigenvalue weighted by Gasteiger charge is -2.15. The standard InChI is InChI=1S/C7H14.C7H8.2CH4/c2*1-7-5-3-2-4-6-7;;/h7H,2-6H2,1H3;2-6H,1H3;2*1H4. The first-order valence-corrected chi connectivity index (χ1v) is 5.80. The average molecular weight is 222 g/mol. The van der Waals surface area contributed by atoms with Gasteiger partial charge in [0.25, 0.3) is 0 Å². The van der Waals surface area contributed by atoms with Gasteiger partial charge in [0.2, 0.25) is 0 Å². The highest BCUT2D eigenvalue weighted by Crippen LogP contribution is 2.22. The first-order chi connectivity index (χ1) is 6.79. The van der Waals surface area contributed by atoms with Crippen molar-refractivity contribution in [2.24, 2.45) is 5.92 Å². The predicted octanol–water partition coefficient (Wildman–Crippen LogP) is 5.85. The minimum absolute atomic E-state index is 0. The summed E-state index contributed by atoms with van der Waals surface area (Å²) in [5.74, 6) is 1.04. The van der Waals surface area contributed by atoms with E-state index in [1.165, 1.54) is 37.7 Å². The first kappa shape index (κ1) is 17.6. The lowest BCUT2D eigenvalue weighted by atomic mass is 9.91. The van der Waals surface area contributed by atoms with Crippen molar-refractivity contribution in [2.45, 2.75) is 60.8 Å². The molecule has 0 aliphatic heterocycles. The highest BCUT2D eigenvalue weighted by atomic mass is 14.1. The van der Waals surface area contributed by atoms with Crippen molar-refractivity contribution in [3.05, 3.63) is 35.9 Å². The zero-order valence-electron chi connectivity index (χ0n) is 9.50. The second-order valence-electron chi connectivity index (χ2n) is 4.40. The summed E-state index contributed by atoms with van der Waals surface area (Å²) in [6.45, 7) is 4.44. The summed E-state index contributed by atoms with van der Waals surface area (Å²) >= 11 is 0. The second kappa shape index (κ2) is 10.7. The van der Waals surface area contributed by atoms with E-state index in [4.69, 9.17) is 0 Å². The van der Waals surface area contributed by atoms with E-state index in [2.05, 4.69) is 26.0 Å². The maximum Gasteiger partial charge on any atom is -0.0398 e. The normalized spacial score (nSPS) is 14.9. The summed E-state index contributed by atoms with van der Waals surface area (Å²) in [4.78, 5) is 0. The third-order valence-corrected chi connectivity index (χ3v) is 2.83. The van der Waals surface area contributed by atoms with Gasteiger partial charge in [-0.1, -0.05) is 89.8 Å². The van der Waals surface area contributed by atoms with E-state index in [9.17, 15) is 0 Å². The molecule has 0 nitrogen and oxygen atoms in total. The Kier molecular flexibility index (Phi) is 11.8. The maximum atomic E-state index is 2.36. The van der Waals surface area contributed by atoms with Crippen molar-refractivity contribution in [3.8, 4) is 0 Å².